The van der Waals surface area contributed by atoms with Crippen molar-refractivity contribution in [3.05, 3.63) is 35.4 Å². The molecule has 1 aliphatic rings. The average Bonchev–Trinajstić information content (AvgIpc) is 3.14. The zero-order valence-corrected chi connectivity index (χ0v) is 19.1. The topological polar surface area (TPSA) is 60.0 Å². The molecule has 29 heavy (non-hydrogen) atoms. The SMILES string of the molecule is CN=C(NCC(=O)N(C)CC(F)(F)F)NCc1ccc(CN2CCCC2)cc1.I. The molecular formula is C19H29F3IN5O. The van der Waals surface area contributed by atoms with Crippen molar-refractivity contribution in [2.75, 3.05) is 40.3 Å². The number of nitrogens with zero attached hydrogens (tertiary/aromatic N) is 3. The molecule has 6 nitrogen and oxygen atoms in total. The minimum Gasteiger partial charge on any atom is -0.352 e. The van der Waals surface area contributed by atoms with Gasteiger partial charge in [0.1, 0.15) is 6.54 Å². The fourth-order valence-corrected chi connectivity index (χ4v) is 3.02. The van der Waals surface area contributed by atoms with Crippen molar-refractivity contribution < 1.29 is 18.0 Å². The highest BCUT2D eigenvalue weighted by atomic mass is 127. The van der Waals surface area contributed by atoms with Crippen molar-refractivity contribution in [3.8, 4) is 0 Å². The summed E-state index contributed by atoms with van der Waals surface area (Å²) in [5, 5.41) is 5.80. The Balaban J connectivity index is 0.00000420. The van der Waals surface area contributed by atoms with Gasteiger partial charge in [-0.15, -0.1) is 24.0 Å². The molecule has 0 aromatic heterocycles. The van der Waals surface area contributed by atoms with Gasteiger partial charge in [-0.25, -0.2) is 0 Å². The highest BCUT2D eigenvalue weighted by Crippen LogP contribution is 2.15. The fraction of sp³-hybridized carbons (Fsp3) is 0.579. The third-order valence-corrected chi connectivity index (χ3v) is 4.56. The Morgan fingerprint density at radius 1 is 1.14 bits per heavy atom. The van der Waals surface area contributed by atoms with Crippen molar-refractivity contribution in [2.24, 2.45) is 4.99 Å². The van der Waals surface area contributed by atoms with Crippen LogP contribution in [0.15, 0.2) is 29.3 Å². The van der Waals surface area contributed by atoms with Crippen LogP contribution in [0.1, 0.15) is 24.0 Å². The summed E-state index contributed by atoms with van der Waals surface area (Å²) >= 11 is 0. The lowest BCUT2D eigenvalue weighted by Crippen LogP contribution is -2.45. The second-order valence-corrected chi connectivity index (χ2v) is 6.94. The Morgan fingerprint density at radius 2 is 1.72 bits per heavy atom. The zero-order chi connectivity index (χ0) is 20.6. The van der Waals surface area contributed by atoms with Gasteiger partial charge in [0.25, 0.3) is 0 Å². The van der Waals surface area contributed by atoms with E-state index in [1.165, 1.54) is 18.4 Å². The van der Waals surface area contributed by atoms with E-state index in [0.717, 1.165) is 32.2 Å². The summed E-state index contributed by atoms with van der Waals surface area (Å²) in [6.07, 6.45) is -1.88. The van der Waals surface area contributed by atoms with Gasteiger partial charge in [-0.2, -0.15) is 13.2 Å². The van der Waals surface area contributed by atoms with Gasteiger partial charge in [0, 0.05) is 27.2 Å². The summed E-state index contributed by atoms with van der Waals surface area (Å²) < 4.78 is 37.0. The summed E-state index contributed by atoms with van der Waals surface area (Å²) in [7, 11) is 2.66. The molecule has 0 unspecified atom stereocenters. The van der Waals surface area contributed by atoms with Crippen LogP contribution in [0.25, 0.3) is 0 Å². The van der Waals surface area contributed by atoms with E-state index in [1.54, 1.807) is 7.05 Å². The molecule has 1 aromatic carbocycles. The largest absolute Gasteiger partial charge is 0.406 e. The molecule has 0 spiro atoms. The molecule has 0 atom stereocenters. The van der Waals surface area contributed by atoms with Gasteiger partial charge in [0.2, 0.25) is 5.91 Å². The number of likely N-dealkylation sites (tertiary alicyclic amines) is 1. The van der Waals surface area contributed by atoms with E-state index in [4.69, 9.17) is 0 Å². The van der Waals surface area contributed by atoms with Crippen LogP contribution in [0.2, 0.25) is 0 Å². The smallest absolute Gasteiger partial charge is 0.352 e. The van der Waals surface area contributed by atoms with Gasteiger partial charge in [0.05, 0.1) is 6.54 Å². The normalized spacial score (nSPS) is 15.0. The average molecular weight is 527 g/mol. The van der Waals surface area contributed by atoms with Crippen LogP contribution in [0.5, 0.6) is 0 Å². The Labute approximate surface area is 186 Å². The molecule has 1 amide bonds. The van der Waals surface area contributed by atoms with E-state index in [1.807, 2.05) is 12.1 Å². The lowest BCUT2D eigenvalue weighted by molar-refractivity contribution is -0.157. The molecule has 1 heterocycles. The van der Waals surface area contributed by atoms with E-state index in [2.05, 4.69) is 32.7 Å². The molecule has 2 rings (SSSR count). The maximum Gasteiger partial charge on any atom is 0.406 e. The maximum atomic E-state index is 12.3. The van der Waals surface area contributed by atoms with E-state index >= 15 is 0 Å². The number of hydrogen-bond donors (Lipinski definition) is 2. The van der Waals surface area contributed by atoms with Crippen molar-refractivity contribution >= 4 is 35.8 Å². The minimum atomic E-state index is -4.41. The highest BCUT2D eigenvalue weighted by Gasteiger charge is 2.31. The van der Waals surface area contributed by atoms with Gasteiger partial charge in [-0.05, 0) is 37.1 Å². The first-order valence-electron chi connectivity index (χ1n) is 9.32. The molecule has 2 N–H and O–H groups in total. The summed E-state index contributed by atoms with van der Waals surface area (Å²) in [5.74, 6) is -0.304. The van der Waals surface area contributed by atoms with E-state index in [-0.39, 0.29) is 30.5 Å². The highest BCUT2D eigenvalue weighted by molar-refractivity contribution is 14.0. The van der Waals surface area contributed by atoms with Crippen molar-refractivity contribution in [2.45, 2.75) is 32.1 Å². The second-order valence-electron chi connectivity index (χ2n) is 6.94. The van der Waals surface area contributed by atoms with Gasteiger partial charge in [-0.1, -0.05) is 24.3 Å². The predicted octanol–water partition coefficient (Wildman–Crippen LogP) is 2.59. The van der Waals surface area contributed by atoms with Gasteiger partial charge in [0.15, 0.2) is 5.96 Å². The second kappa shape index (κ2) is 12.2. The van der Waals surface area contributed by atoms with Crippen LogP contribution in [-0.4, -0.2) is 68.1 Å². The lowest BCUT2D eigenvalue weighted by atomic mass is 10.1. The van der Waals surface area contributed by atoms with E-state index in [0.29, 0.717) is 17.4 Å². The number of benzene rings is 1. The molecule has 0 saturated carbocycles. The molecule has 1 aromatic rings. The first-order valence-corrected chi connectivity index (χ1v) is 9.32. The molecule has 0 aliphatic carbocycles. The van der Waals surface area contributed by atoms with Gasteiger partial charge < -0.3 is 15.5 Å². The number of carbonyl (C=O) groups is 1. The number of amides is 1. The third-order valence-electron chi connectivity index (χ3n) is 4.56. The molecular weight excluding hydrogens is 498 g/mol. The summed E-state index contributed by atoms with van der Waals surface area (Å²) in [6.45, 7) is 2.23. The monoisotopic (exact) mass is 527 g/mol. The molecule has 1 saturated heterocycles. The number of alkyl halides is 3. The molecule has 1 fully saturated rings. The molecule has 1 aliphatic heterocycles. The number of halogens is 4. The van der Waals surface area contributed by atoms with Crippen LogP contribution in [0.3, 0.4) is 0 Å². The summed E-state index contributed by atoms with van der Waals surface area (Å²) in [5.41, 5.74) is 2.32. The Kier molecular flexibility index (Phi) is 10.7. The molecule has 0 bridgehead atoms. The minimum absolute atomic E-state index is 0. The quantitative estimate of drug-likeness (QED) is 0.325. The third kappa shape index (κ3) is 9.66. The summed E-state index contributed by atoms with van der Waals surface area (Å²) in [6, 6.07) is 8.27. The van der Waals surface area contributed by atoms with E-state index in [9.17, 15) is 18.0 Å². The zero-order valence-electron chi connectivity index (χ0n) is 16.8. The number of likely N-dealkylation sites (N-methyl/N-ethyl adjacent to an activating group) is 1. The summed E-state index contributed by atoms with van der Waals surface area (Å²) in [4.78, 5) is 18.8. The number of carbonyl (C=O) groups excluding carboxylic acids is 1. The Morgan fingerprint density at radius 3 is 2.28 bits per heavy atom. The number of aliphatic imine (C=N–C) groups is 1. The predicted molar refractivity (Wildman–Crippen MR) is 118 cm³/mol. The van der Waals surface area contributed by atoms with Gasteiger partial charge >= 0.3 is 6.18 Å². The molecule has 0 radical (unpaired) electrons. The Hall–Kier alpha value is -1.56. The van der Waals surface area contributed by atoms with Crippen LogP contribution in [0, 0.1) is 0 Å². The van der Waals surface area contributed by atoms with Gasteiger partial charge in [-0.3, -0.25) is 14.7 Å². The number of hydrogen-bond acceptors (Lipinski definition) is 3. The molecule has 164 valence electrons. The Bertz CT molecular complexity index is 661. The van der Waals surface area contributed by atoms with E-state index < -0.39 is 18.6 Å². The first-order chi connectivity index (χ1) is 13.3. The first kappa shape index (κ1) is 25.5. The van der Waals surface area contributed by atoms with Crippen molar-refractivity contribution in [3.63, 3.8) is 0 Å². The van der Waals surface area contributed by atoms with Crippen molar-refractivity contribution in [1.29, 1.82) is 0 Å². The number of rotatable bonds is 7. The maximum absolute atomic E-state index is 12.3. The van der Waals surface area contributed by atoms with Crippen LogP contribution in [0.4, 0.5) is 13.2 Å². The van der Waals surface area contributed by atoms with Crippen LogP contribution in [-0.2, 0) is 17.9 Å². The molecule has 10 heteroatoms. The fourth-order valence-electron chi connectivity index (χ4n) is 3.02. The number of nitrogens with one attached hydrogen (secondary N) is 2. The standard InChI is InChI=1S/C19H28F3N5O.HI/c1-23-18(25-12-17(28)26(2)14-19(20,21)22)24-11-15-5-7-16(8-6-15)13-27-9-3-4-10-27;/h5-8H,3-4,9-14H2,1-2H3,(H2,23,24,25);1H. The van der Waals surface area contributed by atoms with Crippen LogP contribution < -0.4 is 10.6 Å². The van der Waals surface area contributed by atoms with Crippen molar-refractivity contribution in [1.82, 2.24) is 20.4 Å². The lowest BCUT2D eigenvalue weighted by Gasteiger charge is -2.20. The van der Waals surface area contributed by atoms with Crippen LogP contribution >= 0.6 is 24.0 Å². The number of guanidine groups is 1.